The number of aromatic hydroxyl groups is 1. The predicted molar refractivity (Wildman–Crippen MR) is 110 cm³/mol. The summed E-state index contributed by atoms with van der Waals surface area (Å²) in [6.45, 7) is 1.70. The molecular formula is C20H25N5O3S. The lowest BCUT2D eigenvalue weighted by molar-refractivity contribution is 0.0668. The third-order valence-electron chi connectivity index (χ3n) is 5.60. The van der Waals surface area contributed by atoms with Crippen molar-refractivity contribution in [1.82, 2.24) is 20.0 Å². The van der Waals surface area contributed by atoms with Gasteiger partial charge in [0.2, 0.25) is 5.13 Å². The third-order valence-corrected chi connectivity index (χ3v) is 6.60. The van der Waals surface area contributed by atoms with Crippen molar-refractivity contribution in [1.29, 1.82) is 0 Å². The van der Waals surface area contributed by atoms with Gasteiger partial charge in [0, 0.05) is 32.1 Å². The number of benzene rings is 1. The molecule has 1 aromatic heterocycles. The Labute approximate surface area is 173 Å². The number of urea groups is 1. The highest BCUT2D eigenvalue weighted by Crippen LogP contribution is 2.35. The number of carbonyl (C=O) groups excluding carboxylic acids is 2. The van der Waals surface area contributed by atoms with Gasteiger partial charge in [-0.2, -0.15) is 0 Å². The average molecular weight is 416 g/mol. The van der Waals surface area contributed by atoms with E-state index in [1.165, 1.54) is 36.7 Å². The van der Waals surface area contributed by atoms with Crippen LogP contribution in [-0.4, -0.2) is 63.2 Å². The van der Waals surface area contributed by atoms with Crippen LogP contribution in [0.25, 0.3) is 0 Å². The molecule has 0 unspecified atom stereocenters. The average Bonchev–Trinajstić information content (AvgIpc) is 3.23. The van der Waals surface area contributed by atoms with E-state index in [1.54, 1.807) is 28.0 Å². The fourth-order valence-corrected chi connectivity index (χ4v) is 4.81. The van der Waals surface area contributed by atoms with E-state index in [4.69, 9.17) is 0 Å². The summed E-state index contributed by atoms with van der Waals surface area (Å²) < 4.78 is 0. The van der Waals surface area contributed by atoms with Crippen molar-refractivity contribution in [2.45, 2.75) is 38.0 Å². The van der Waals surface area contributed by atoms with Gasteiger partial charge in [-0.1, -0.05) is 42.7 Å². The quantitative estimate of drug-likeness (QED) is 0.802. The summed E-state index contributed by atoms with van der Waals surface area (Å²) in [5, 5.41) is 22.7. The zero-order valence-electron chi connectivity index (χ0n) is 16.2. The van der Waals surface area contributed by atoms with Crippen LogP contribution < -0.4 is 5.32 Å². The number of aromatic nitrogens is 2. The number of para-hydroxylation sites is 1. The Balaban J connectivity index is 1.30. The normalized spacial score (nSPS) is 17.9. The number of anilines is 1. The van der Waals surface area contributed by atoms with E-state index in [2.05, 4.69) is 15.5 Å². The van der Waals surface area contributed by atoms with Crippen molar-refractivity contribution in [2.75, 3.05) is 31.5 Å². The smallest absolute Gasteiger partial charge is 0.323 e. The molecule has 2 aliphatic rings. The van der Waals surface area contributed by atoms with Gasteiger partial charge in [-0.15, -0.1) is 10.2 Å². The molecule has 0 radical (unpaired) electrons. The molecular weight excluding hydrogens is 390 g/mol. The largest absolute Gasteiger partial charge is 0.507 e. The Morgan fingerprint density at radius 1 is 1.00 bits per heavy atom. The first kappa shape index (κ1) is 19.6. The van der Waals surface area contributed by atoms with Gasteiger partial charge >= 0.3 is 6.03 Å². The van der Waals surface area contributed by atoms with E-state index in [1.807, 2.05) is 0 Å². The molecule has 2 aromatic rings. The molecule has 9 heteroatoms. The number of carbonyl (C=O) groups is 2. The first-order valence-corrected chi connectivity index (χ1v) is 10.9. The number of piperazine rings is 1. The topological polar surface area (TPSA) is 98.7 Å². The number of hydrogen-bond acceptors (Lipinski definition) is 6. The van der Waals surface area contributed by atoms with E-state index >= 15 is 0 Å². The minimum absolute atomic E-state index is 0.0253. The van der Waals surface area contributed by atoms with Crippen LogP contribution in [0, 0.1) is 0 Å². The molecule has 29 heavy (non-hydrogen) atoms. The highest BCUT2D eigenvalue weighted by Gasteiger charge is 2.27. The molecule has 0 atom stereocenters. The van der Waals surface area contributed by atoms with Gasteiger partial charge in [-0.25, -0.2) is 4.79 Å². The summed E-state index contributed by atoms with van der Waals surface area (Å²) in [4.78, 5) is 28.5. The van der Waals surface area contributed by atoms with E-state index < -0.39 is 0 Å². The van der Waals surface area contributed by atoms with E-state index in [0.717, 1.165) is 17.8 Å². The lowest BCUT2D eigenvalue weighted by Crippen LogP contribution is -2.51. The fraction of sp³-hybridized carbons (Fsp3) is 0.500. The highest BCUT2D eigenvalue weighted by atomic mass is 32.1. The lowest BCUT2D eigenvalue weighted by atomic mass is 9.90. The Kier molecular flexibility index (Phi) is 5.94. The maximum Gasteiger partial charge on any atom is 0.323 e. The van der Waals surface area contributed by atoms with Gasteiger partial charge in [0.1, 0.15) is 10.8 Å². The molecule has 1 saturated carbocycles. The highest BCUT2D eigenvalue weighted by molar-refractivity contribution is 7.15. The molecule has 1 saturated heterocycles. The van der Waals surface area contributed by atoms with Gasteiger partial charge in [0.15, 0.2) is 0 Å². The molecule has 2 N–H and O–H groups in total. The summed E-state index contributed by atoms with van der Waals surface area (Å²) in [7, 11) is 0. The van der Waals surface area contributed by atoms with E-state index in [9.17, 15) is 14.7 Å². The second kappa shape index (κ2) is 8.77. The third kappa shape index (κ3) is 4.50. The van der Waals surface area contributed by atoms with E-state index in [0.29, 0.717) is 37.2 Å². The molecule has 1 aromatic carbocycles. The monoisotopic (exact) mass is 415 g/mol. The van der Waals surface area contributed by atoms with Crippen LogP contribution in [0.5, 0.6) is 5.75 Å². The Morgan fingerprint density at radius 2 is 1.69 bits per heavy atom. The molecule has 1 aliphatic carbocycles. The predicted octanol–water partition coefficient (Wildman–Crippen LogP) is 3.28. The molecule has 154 valence electrons. The van der Waals surface area contributed by atoms with Crippen molar-refractivity contribution >= 4 is 28.4 Å². The summed E-state index contributed by atoms with van der Waals surface area (Å²) in [5.74, 6) is 0.225. The lowest BCUT2D eigenvalue weighted by Gasteiger charge is -2.34. The standard InChI is InChI=1S/C20H25N5O3S/c26-16-9-5-4-8-15(16)18(27)24-10-12-25(13-11-24)20(28)21-19-23-22-17(29-19)14-6-2-1-3-7-14/h4-5,8-9,14,26H,1-3,6-7,10-13H2,(H,21,23,28). The molecule has 3 amide bonds. The zero-order valence-corrected chi connectivity index (χ0v) is 17.0. The Hall–Kier alpha value is -2.68. The molecule has 0 bridgehead atoms. The number of hydrogen-bond donors (Lipinski definition) is 2. The van der Waals surface area contributed by atoms with Gasteiger partial charge in [0.25, 0.3) is 5.91 Å². The van der Waals surface area contributed by atoms with Crippen molar-refractivity contribution in [3.63, 3.8) is 0 Å². The van der Waals surface area contributed by atoms with Crippen molar-refractivity contribution in [3.05, 3.63) is 34.8 Å². The van der Waals surface area contributed by atoms with Crippen molar-refractivity contribution < 1.29 is 14.7 Å². The number of rotatable bonds is 3. The minimum atomic E-state index is -0.218. The van der Waals surface area contributed by atoms with Crippen LogP contribution in [-0.2, 0) is 0 Å². The van der Waals surface area contributed by atoms with Gasteiger partial charge in [-0.05, 0) is 25.0 Å². The molecule has 2 heterocycles. The number of amides is 3. The Bertz CT molecular complexity index is 873. The van der Waals surface area contributed by atoms with Crippen molar-refractivity contribution in [2.24, 2.45) is 0 Å². The first-order chi connectivity index (χ1) is 14.1. The molecule has 1 aliphatic heterocycles. The SMILES string of the molecule is O=C(Nc1nnc(C2CCCCC2)s1)N1CCN(C(=O)c2ccccc2O)CC1. The van der Waals surface area contributed by atoms with Crippen LogP contribution >= 0.6 is 11.3 Å². The summed E-state index contributed by atoms with van der Waals surface area (Å²) in [5.41, 5.74) is 0.287. The van der Waals surface area contributed by atoms with Gasteiger partial charge in [-0.3, -0.25) is 10.1 Å². The van der Waals surface area contributed by atoms with Crippen LogP contribution in [0.15, 0.2) is 24.3 Å². The minimum Gasteiger partial charge on any atom is -0.507 e. The maximum absolute atomic E-state index is 12.6. The van der Waals surface area contributed by atoms with Crippen LogP contribution in [0.2, 0.25) is 0 Å². The first-order valence-electron chi connectivity index (χ1n) is 10.1. The number of phenolic OH excluding ortho intramolecular Hbond substituents is 1. The second-order valence-corrected chi connectivity index (χ2v) is 8.52. The molecule has 2 fully saturated rings. The van der Waals surface area contributed by atoms with Gasteiger partial charge in [0.05, 0.1) is 5.56 Å². The summed E-state index contributed by atoms with van der Waals surface area (Å²) >= 11 is 1.46. The molecule has 0 spiro atoms. The fourth-order valence-electron chi connectivity index (χ4n) is 3.91. The number of nitrogens with one attached hydrogen (secondary N) is 1. The molecule has 4 rings (SSSR count). The number of phenols is 1. The van der Waals surface area contributed by atoms with Crippen LogP contribution in [0.4, 0.5) is 9.93 Å². The summed E-state index contributed by atoms with van der Waals surface area (Å²) in [6.07, 6.45) is 6.05. The van der Waals surface area contributed by atoms with Gasteiger partial charge < -0.3 is 14.9 Å². The molecule has 8 nitrogen and oxygen atoms in total. The van der Waals surface area contributed by atoms with E-state index in [-0.39, 0.29) is 23.3 Å². The maximum atomic E-state index is 12.6. The summed E-state index contributed by atoms with van der Waals surface area (Å²) in [6, 6.07) is 6.30. The Morgan fingerprint density at radius 3 is 2.41 bits per heavy atom. The zero-order chi connectivity index (χ0) is 20.2. The number of nitrogens with zero attached hydrogens (tertiary/aromatic N) is 4. The van der Waals surface area contributed by atoms with Crippen molar-refractivity contribution in [3.8, 4) is 5.75 Å². The second-order valence-electron chi connectivity index (χ2n) is 7.51. The van der Waals surface area contributed by atoms with Crippen LogP contribution in [0.3, 0.4) is 0 Å². The van der Waals surface area contributed by atoms with Crippen LogP contribution in [0.1, 0.15) is 53.4 Å².